The summed E-state index contributed by atoms with van der Waals surface area (Å²) in [6, 6.07) is 12.7. The van der Waals surface area contributed by atoms with Crippen molar-refractivity contribution in [1.82, 2.24) is 5.32 Å². The van der Waals surface area contributed by atoms with Crippen LogP contribution >= 0.6 is 11.8 Å². The second-order valence-corrected chi connectivity index (χ2v) is 7.75. The fourth-order valence-corrected chi connectivity index (χ4v) is 4.22. The van der Waals surface area contributed by atoms with E-state index >= 15 is 0 Å². The summed E-state index contributed by atoms with van der Waals surface area (Å²) in [6.45, 7) is 0. The van der Waals surface area contributed by atoms with Gasteiger partial charge in [0.25, 0.3) is 0 Å². The molecule has 1 fully saturated rings. The zero-order chi connectivity index (χ0) is 18.5. The Hall–Kier alpha value is -1.92. The fraction of sp³-hybridized carbons (Fsp3) is 0.350. The molecule has 0 aliphatic heterocycles. The molecule has 1 aliphatic carbocycles. The van der Waals surface area contributed by atoms with Gasteiger partial charge in [-0.05, 0) is 49.4 Å². The molecule has 6 heteroatoms. The highest BCUT2D eigenvalue weighted by molar-refractivity contribution is 8.00. The molecule has 0 aromatic heterocycles. The van der Waals surface area contributed by atoms with Gasteiger partial charge in [-0.3, -0.25) is 4.79 Å². The number of thioether (sulfide) groups is 1. The fourth-order valence-electron chi connectivity index (χ4n) is 3.14. The first kappa shape index (κ1) is 18.9. The van der Waals surface area contributed by atoms with Crippen LogP contribution in [0.1, 0.15) is 36.5 Å². The molecule has 138 valence electrons. The Balaban J connectivity index is 1.79. The first-order valence-electron chi connectivity index (χ1n) is 8.75. The Kier molecular flexibility index (Phi) is 6.27. The maximum atomic E-state index is 14.1. The summed E-state index contributed by atoms with van der Waals surface area (Å²) in [4.78, 5) is 13.0. The van der Waals surface area contributed by atoms with Crippen molar-refractivity contribution in [2.45, 2.75) is 47.9 Å². The lowest BCUT2D eigenvalue weighted by atomic mass is 9.91. The van der Waals surface area contributed by atoms with Crippen molar-refractivity contribution < 1.29 is 13.6 Å². The minimum absolute atomic E-state index is 0.0754. The van der Waals surface area contributed by atoms with Gasteiger partial charge in [-0.25, -0.2) is 8.78 Å². The maximum Gasteiger partial charge on any atom is 0.238 e. The molecule has 3 rings (SSSR count). The van der Waals surface area contributed by atoms with Gasteiger partial charge in [0.15, 0.2) is 0 Å². The van der Waals surface area contributed by atoms with Gasteiger partial charge in [-0.1, -0.05) is 30.3 Å². The number of rotatable bonds is 5. The van der Waals surface area contributed by atoms with Crippen molar-refractivity contribution in [3.63, 3.8) is 0 Å². The number of amides is 1. The third-order valence-electron chi connectivity index (χ3n) is 4.60. The summed E-state index contributed by atoms with van der Waals surface area (Å²) < 4.78 is 27.6. The van der Waals surface area contributed by atoms with Crippen LogP contribution in [0.5, 0.6) is 0 Å². The quantitative estimate of drug-likeness (QED) is 0.770. The second kappa shape index (κ2) is 8.64. The molecule has 3 N–H and O–H groups in total. The highest BCUT2D eigenvalue weighted by Gasteiger charge is 2.27. The summed E-state index contributed by atoms with van der Waals surface area (Å²) in [5.41, 5.74) is 6.67. The molecular formula is C20H22F2N2OS. The van der Waals surface area contributed by atoms with E-state index < -0.39 is 16.9 Å². The Labute approximate surface area is 156 Å². The van der Waals surface area contributed by atoms with E-state index in [4.69, 9.17) is 5.73 Å². The van der Waals surface area contributed by atoms with Gasteiger partial charge in [0, 0.05) is 17.0 Å². The molecule has 2 aromatic rings. The summed E-state index contributed by atoms with van der Waals surface area (Å²) in [7, 11) is 0. The lowest BCUT2D eigenvalue weighted by molar-refractivity contribution is -0.121. The average Bonchev–Trinajstić information content (AvgIpc) is 2.65. The van der Waals surface area contributed by atoms with Crippen molar-refractivity contribution in [1.29, 1.82) is 0 Å². The number of hydrogen-bond donors (Lipinski definition) is 2. The molecule has 3 nitrogen and oxygen atoms in total. The van der Waals surface area contributed by atoms with E-state index in [9.17, 15) is 13.6 Å². The summed E-state index contributed by atoms with van der Waals surface area (Å²) in [5.74, 6) is -1.25. The number of nitrogens with two attached hydrogens (primary N) is 1. The first-order chi connectivity index (χ1) is 12.5. The molecule has 1 aliphatic rings. The van der Waals surface area contributed by atoms with Crippen LogP contribution in [-0.2, 0) is 4.79 Å². The van der Waals surface area contributed by atoms with Crippen molar-refractivity contribution in [3.05, 3.63) is 65.7 Å². The van der Waals surface area contributed by atoms with Crippen LogP contribution in [0.3, 0.4) is 0 Å². The smallest absolute Gasteiger partial charge is 0.238 e. The van der Waals surface area contributed by atoms with Crippen LogP contribution in [0.25, 0.3) is 0 Å². The monoisotopic (exact) mass is 376 g/mol. The Morgan fingerprint density at radius 1 is 1.08 bits per heavy atom. The number of carbonyl (C=O) groups is 1. The van der Waals surface area contributed by atoms with Gasteiger partial charge in [0.05, 0.1) is 0 Å². The zero-order valence-electron chi connectivity index (χ0n) is 14.3. The van der Waals surface area contributed by atoms with Crippen molar-refractivity contribution in [2.24, 2.45) is 5.73 Å². The first-order valence-corrected chi connectivity index (χ1v) is 9.63. The number of hydrogen-bond acceptors (Lipinski definition) is 3. The molecule has 0 heterocycles. The predicted octanol–water partition coefficient (Wildman–Crippen LogP) is 4.18. The van der Waals surface area contributed by atoms with Gasteiger partial charge in [0.1, 0.15) is 16.9 Å². The molecule has 0 saturated heterocycles. The molecule has 1 unspecified atom stereocenters. The molecule has 2 aromatic carbocycles. The van der Waals surface area contributed by atoms with Crippen LogP contribution in [0.4, 0.5) is 8.78 Å². The van der Waals surface area contributed by atoms with Gasteiger partial charge in [0.2, 0.25) is 5.91 Å². The van der Waals surface area contributed by atoms with Crippen LogP contribution in [0, 0.1) is 11.6 Å². The van der Waals surface area contributed by atoms with Crippen LogP contribution in [0.15, 0.2) is 53.4 Å². The molecule has 0 spiro atoms. The largest absolute Gasteiger partial charge is 0.352 e. The van der Waals surface area contributed by atoms with Crippen LogP contribution < -0.4 is 11.1 Å². The van der Waals surface area contributed by atoms with Gasteiger partial charge >= 0.3 is 0 Å². The van der Waals surface area contributed by atoms with E-state index in [1.54, 1.807) is 0 Å². The van der Waals surface area contributed by atoms with E-state index in [-0.39, 0.29) is 22.9 Å². The summed E-state index contributed by atoms with van der Waals surface area (Å²) in [6.07, 6.45) is 3.44. The van der Waals surface area contributed by atoms with Crippen molar-refractivity contribution in [3.8, 4) is 0 Å². The highest BCUT2D eigenvalue weighted by atomic mass is 32.2. The maximum absolute atomic E-state index is 14.1. The minimum atomic E-state index is -0.650. The number of nitrogens with one attached hydrogen (secondary N) is 1. The second-order valence-electron chi connectivity index (χ2n) is 6.60. The molecule has 1 atom stereocenters. The standard InChI is InChI=1S/C20H22F2N2OS/c21-14-6-11-17(22)18(12-14)26-19(13-4-2-1-3-5-13)20(25)24-16-9-7-15(23)8-10-16/h1-6,11-12,15-16,19H,7-10,23H2,(H,24,25). The summed E-state index contributed by atoms with van der Waals surface area (Å²) in [5, 5.41) is 2.41. The van der Waals surface area contributed by atoms with E-state index in [1.807, 2.05) is 30.3 Å². The molecule has 0 radical (unpaired) electrons. The normalized spacial score (nSPS) is 21.2. The van der Waals surface area contributed by atoms with Gasteiger partial charge < -0.3 is 11.1 Å². The lowest BCUT2D eigenvalue weighted by Crippen LogP contribution is -2.42. The third kappa shape index (κ3) is 4.83. The van der Waals surface area contributed by atoms with Crippen molar-refractivity contribution >= 4 is 17.7 Å². The minimum Gasteiger partial charge on any atom is -0.352 e. The van der Waals surface area contributed by atoms with Gasteiger partial charge in [-0.15, -0.1) is 11.8 Å². The molecule has 26 heavy (non-hydrogen) atoms. The van der Waals surface area contributed by atoms with E-state index in [0.29, 0.717) is 0 Å². The summed E-state index contributed by atoms with van der Waals surface area (Å²) >= 11 is 1.03. The molecule has 1 amide bonds. The zero-order valence-corrected chi connectivity index (χ0v) is 15.1. The molecule has 1 saturated carbocycles. The van der Waals surface area contributed by atoms with E-state index in [2.05, 4.69) is 5.32 Å². The average molecular weight is 376 g/mol. The number of benzene rings is 2. The van der Waals surface area contributed by atoms with Crippen molar-refractivity contribution in [2.75, 3.05) is 0 Å². The number of halogens is 2. The molecular weight excluding hydrogens is 354 g/mol. The predicted molar refractivity (Wildman–Crippen MR) is 99.8 cm³/mol. The van der Waals surface area contributed by atoms with E-state index in [1.165, 1.54) is 0 Å². The van der Waals surface area contributed by atoms with Gasteiger partial charge in [-0.2, -0.15) is 0 Å². The Bertz CT molecular complexity index is 749. The van der Waals surface area contributed by atoms with Crippen LogP contribution in [-0.4, -0.2) is 18.0 Å². The van der Waals surface area contributed by atoms with Crippen LogP contribution in [0.2, 0.25) is 0 Å². The topological polar surface area (TPSA) is 55.1 Å². The molecule has 0 bridgehead atoms. The van der Waals surface area contributed by atoms with E-state index in [0.717, 1.165) is 61.2 Å². The highest BCUT2D eigenvalue weighted by Crippen LogP contribution is 2.37. The SMILES string of the molecule is NC1CCC(NC(=O)C(Sc2cc(F)ccc2F)c2ccccc2)CC1. The third-order valence-corrected chi connectivity index (χ3v) is 5.89. The Morgan fingerprint density at radius 2 is 1.77 bits per heavy atom. The lowest BCUT2D eigenvalue weighted by Gasteiger charge is -2.28. The number of carbonyl (C=O) groups excluding carboxylic acids is 1. The Morgan fingerprint density at radius 3 is 2.46 bits per heavy atom.